The van der Waals surface area contributed by atoms with Gasteiger partial charge in [-0.25, -0.2) is 0 Å². The minimum Gasteiger partial charge on any atom is -0.336 e. The number of carbonyl (C=O) groups excluding carboxylic acids is 1. The number of hydrogen-bond donors (Lipinski definition) is 1. The molecule has 1 aromatic rings. The van der Waals surface area contributed by atoms with Crippen LogP contribution in [0, 0.1) is 21.4 Å². The van der Waals surface area contributed by atoms with Crippen LogP contribution in [0.5, 0.6) is 0 Å². The van der Waals surface area contributed by atoms with Gasteiger partial charge in [-0.15, -0.1) is 0 Å². The summed E-state index contributed by atoms with van der Waals surface area (Å²) in [6.45, 7) is 1.87. The SMILES string of the molecule is CCCC(C#N)NC(=O)c1cc([N+](=O)[O-])cc(Cl)c1Cl. The number of nitro benzene ring substituents is 1. The highest BCUT2D eigenvalue weighted by Crippen LogP contribution is 2.30. The van der Waals surface area contributed by atoms with Gasteiger partial charge in [0.15, 0.2) is 0 Å². The van der Waals surface area contributed by atoms with Crippen molar-refractivity contribution in [1.82, 2.24) is 5.32 Å². The van der Waals surface area contributed by atoms with Crippen molar-refractivity contribution < 1.29 is 9.72 Å². The van der Waals surface area contributed by atoms with Crippen LogP contribution in [0.2, 0.25) is 10.0 Å². The molecular formula is C12H11Cl2N3O3. The molecule has 0 heterocycles. The van der Waals surface area contributed by atoms with Crippen LogP contribution in [-0.4, -0.2) is 16.9 Å². The standard InChI is InChI=1S/C12H11Cl2N3O3/c1-2-3-7(6-15)16-12(18)9-4-8(17(19)20)5-10(13)11(9)14/h4-5,7H,2-3H2,1H3,(H,16,18). The number of hydrogen-bond acceptors (Lipinski definition) is 4. The molecule has 1 N–H and O–H groups in total. The zero-order valence-corrected chi connectivity index (χ0v) is 12.0. The lowest BCUT2D eigenvalue weighted by molar-refractivity contribution is -0.384. The highest BCUT2D eigenvalue weighted by atomic mass is 35.5. The van der Waals surface area contributed by atoms with E-state index in [4.69, 9.17) is 28.5 Å². The van der Waals surface area contributed by atoms with E-state index < -0.39 is 16.9 Å². The van der Waals surface area contributed by atoms with Crippen molar-refractivity contribution in [3.05, 3.63) is 37.9 Å². The van der Waals surface area contributed by atoms with Crippen LogP contribution in [0.15, 0.2) is 12.1 Å². The fraction of sp³-hybridized carbons (Fsp3) is 0.333. The number of nitrogens with one attached hydrogen (secondary N) is 1. The van der Waals surface area contributed by atoms with Crippen LogP contribution in [0.1, 0.15) is 30.1 Å². The lowest BCUT2D eigenvalue weighted by Gasteiger charge is -2.11. The smallest absolute Gasteiger partial charge is 0.271 e. The highest BCUT2D eigenvalue weighted by molar-refractivity contribution is 6.44. The number of halogens is 2. The Morgan fingerprint density at radius 1 is 1.55 bits per heavy atom. The molecule has 0 radical (unpaired) electrons. The molecule has 106 valence electrons. The molecule has 20 heavy (non-hydrogen) atoms. The molecule has 0 saturated carbocycles. The Bertz CT molecular complexity index is 584. The molecule has 0 saturated heterocycles. The van der Waals surface area contributed by atoms with E-state index in [1.165, 1.54) is 0 Å². The van der Waals surface area contributed by atoms with E-state index in [1.807, 2.05) is 13.0 Å². The Kier molecular flexibility index (Phi) is 5.74. The second-order valence-electron chi connectivity index (χ2n) is 3.99. The molecule has 1 amide bonds. The highest BCUT2D eigenvalue weighted by Gasteiger charge is 2.21. The van der Waals surface area contributed by atoms with Gasteiger partial charge in [0.25, 0.3) is 11.6 Å². The van der Waals surface area contributed by atoms with Crippen molar-refractivity contribution in [3.8, 4) is 6.07 Å². The molecule has 0 aliphatic heterocycles. The average Bonchev–Trinajstić information content (AvgIpc) is 2.40. The maximum Gasteiger partial charge on any atom is 0.271 e. The molecule has 1 rings (SSSR count). The van der Waals surface area contributed by atoms with Crippen LogP contribution in [0.3, 0.4) is 0 Å². The Labute approximate surface area is 125 Å². The molecule has 1 atom stereocenters. The summed E-state index contributed by atoms with van der Waals surface area (Å²) in [5.74, 6) is -0.666. The first-order valence-corrected chi connectivity index (χ1v) is 6.50. The number of amides is 1. The summed E-state index contributed by atoms with van der Waals surface area (Å²) in [4.78, 5) is 22.1. The number of benzene rings is 1. The van der Waals surface area contributed by atoms with Gasteiger partial charge in [-0.1, -0.05) is 36.5 Å². The molecule has 0 bridgehead atoms. The fourth-order valence-corrected chi connectivity index (χ4v) is 1.95. The topological polar surface area (TPSA) is 96.0 Å². The molecule has 1 unspecified atom stereocenters. The van der Waals surface area contributed by atoms with Crippen molar-refractivity contribution in [2.45, 2.75) is 25.8 Å². The number of rotatable bonds is 5. The molecule has 1 aromatic carbocycles. The lowest BCUT2D eigenvalue weighted by atomic mass is 10.1. The van der Waals surface area contributed by atoms with Crippen LogP contribution >= 0.6 is 23.2 Å². The summed E-state index contributed by atoms with van der Waals surface area (Å²) in [6, 6.07) is 3.35. The third-order valence-electron chi connectivity index (χ3n) is 2.51. The van der Waals surface area contributed by atoms with E-state index in [-0.39, 0.29) is 21.3 Å². The average molecular weight is 316 g/mol. The first-order valence-electron chi connectivity index (χ1n) is 5.74. The van der Waals surface area contributed by atoms with Crippen LogP contribution < -0.4 is 5.32 Å². The van der Waals surface area contributed by atoms with Gasteiger partial charge in [0.05, 0.1) is 26.6 Å². The predicted molar refractivity (Wildman–Crippen MR) is 74.9 cm³/mol. The van der Waals surface area contributed by atoms with Gasteiger partial charge >= 0.3 is 0 Å². The minimum atomic E-state index is -0.679. The first-order chi connectivity index (χ1) is 9.40. The molecule has 6 nitrogen and oxygen atoms in total. The Hall–Kier alpha value is -1.84. The summed E-state index contributed by atoms with van der Waals surface area (Å²) >= 11 is 11.6. The maximum atomic E-state index is 12.0. The Morgan fingerprint density at radius 2 is 2.20 bits per heavy atom. The number of nitrogens with zero attached hydrogens (tertiary/aromatic N) is 2. The van der Waals surface area contributed by atoms with Crippen LogP contribution in [0.4, 0.5) is 5.69 Å². The largest absolute Gasteiger partial charge is 0.336 e. The minimum absolute atomic E-state index is 0.0806. The van der Waals surface area contributed by atoms with Crippen molar-refractivity contribution in [2.75, 3.05) is 0 Å². The normalized spacial score (nSPS) is 11.5. The molecule has 0 aliphatic rings. The molecule has 0 aromatic heterocycles. The van der Waals surface area contributed by atoms with Gasteiger partial charge in [-0.2, -0.15) is 5.26 Å². The molecule has 0 spiro atoms. The van der Waals surface area contributed by atoms with Gasteiger partial charge in [0.2, 0.25) is 0 Å². The number of nitriles is 1. The summed E-state index contributed by atoms with van der Waals surface area (Å²) < 4.78 is 0. The van der Waals surface area contributed by atoms with Crippen molar-refractivity contribution >= 4 is 34.8 Å². The van der Waals surface area contributed by atoms with Crippen LogP contribution in [-0.2, 0) is 0 Å². The monoisotopic (exact) mass is 315 g/mol. The third-order valence-corrected chi connectivity index (χ3v) is 3.31. The van der Waals surface area contributed by atoms with Crippen LogP contribution in [0.25, 0.3) is 0 Å². The summed E-state index contributed by atoms with van der Waals surface area (Å²) in [5.41, 5.74) is -0.462. The molecule has 0 fully saturated rings. The predicted octanol–water partition coefficient (Wildman–Crippen LogP) is 3.32. The van der Waals surface area contributed by atoms with Crippen molar-refractivity contribution in [2.24, 2.45) is 0 Å². The van der Waals surface area contributed by atoms with E-state index in [0.29, 0.717) is 12.8 Å². The fourth-order valence-electron chi connectivity index (χ4n) is 1.54. The van der Waals surface area contributed by atoms with E-state index >= 15 is 0 Å². The van der Waals surface area contributed by atoms with Gasteiger partial charge in [-0.05, 0) is 6.42 Å². The zero-order valence-electron chi connectivity index (χ0n) is 10.5. The maximum absolute atomic E-state index is 12.0. The second-order valence-corrected chi connectivity index (χ2v) is 4.78. The molecule has 0 aliphatic carbocycles. The summed E-state index contributed by atoms with van der Waals surface area (Å²) in [7, 11) is 0. The van der Waals surface area contributed by atoms with Crippen molar-refractivity contribution in [1.29, 1.82) is 5.26 Å². The van der Waals surface area contributed by atoms with Crippen molar-refractivity contribution in [3.63, 3.8) is 0 Å². The number of nitro groups is 1. The molecular weight excluding hydrogens is 305 g/mol. The van der Waals surface area contributed by atoms with E-state index in [0.717, 1.165) is 12.1 Å². The van der Waals surface area contributed by atoms with Gasteiger partial charge < -0.3 is 5.32 Å². The van der Waals surface area contributed by atoms with Gasteiger partial charge in [-0.3, -0.25) is 14.9 Å². The third kappa shape index (κ3) is 3.83. The summed E-state index contributed by atoms with van der Waals surface area (Å²) in [6.07, 6.45) is 1.18. The Balaban J connectivity index is 3.09. The first kappa shape index (κ1) is 16.2. The van der Waals surface area contributed by atoms with Gasteiger partial charge in [0.1, 0.15) is 6.04 Å². The molecule has 8 heteroatoms. The van der Waals surface area contributed by atoms with Gasteiger partial charge in [0, 0.05) is 12.1 Å². The number of non-ortho nitro benzene ring substituents is 1. The summed E-state index contributed by atoms with van der Waals surface area (Å²) in [5, 5.41) is 21.9. The zero-order chi connectivity index (χ0) is 15.3. The number of carbonyl (C=O) groups is 1. The van der Waals surface area contributed by atoms with E-state index in [1.54, 1.807) is 0 Å². The van der Waals surface area contributed by atoms with E-state index in [9.17, 15) is 14.9 Å². The quantitative estimate of drug-likeness (QED) is 0.665. The second kappa shape index (κ2) is 7.08. The van der Waals surface area contributed by atoms with E-state index in [2.05, 4.69) is 5.32 Å². The lowest BCUT2D eigenvalue weighted by Crippen LogP contribution is -2.33. The Morgan fingerprint density at radius 3 is 2.70 bits per heavy atom.